The van der Waals surface area contributed by atoms with Gasteiger partial charge in [0.05, 0.1) is 5.56 Å². The summed E-state index contributed by atoms with van der Waals surface area (Å²) in [5.74, 6) is 0. The van der Waals surface area contributed by atoms with E-state index in [-0.39, 0.29) is 0 Å². The molecule has 2 aromatic rings. The van der Waals surface area contributed by atoms with Crippen molar-refractivity contribution in [1.29, 1.82) is 5.26 Å². The van der Waals surface area contributed by atoms with Gasteiger partial charge in [-0.1, -0.05) is 0 Å². The quantitative estimate of drug-likeness (QED) is 0.814. The van der Waals surface area contributed by atoms with Gasteiger partial charge >= 0.3 is 0 Å². The largest absolute Gasteiger partial charge is 0.398 e. The first kappa shape index (κ1) is 11.5. The fourth-order valence-corrected chi connectivity index (χ4v) is 2.36. The second kappa shape index (κ2) is 4.89. The van der Waals surface area contributed by atoms with E-state index in [4.69, 9.17) is 11.0 Å². The Morgan fingerprint density at radius 1 is 1.35 bits per heavy atom. The van der Waals surface area contributed by atoms with Crippen LogP contribution in [0.3, 0.4) is 0 Å². The van der Waals surface area contributed by atoms with Crippen LogP contribution in [-0.2, 0) is 6.54 Å². The zero-order valence-corrected chi connectivity index (χ0v) is 10.3. The van der Waals surface area contributed by atoms with Gasteiger partial charge in [-0.25, -0.2) is 0 Å². The Labute approximate surface area is 105 Å². The van der Waals surface area contributed by atoms with E-state index < -0.39 is 0 Å². The molecule has 0 fully saturated rings. The van der Waals surface area contributed by atoms with E-state index in [1.54, 1.807) is 23.5 Å². The van der Waals surface area contributed by atoms with Crippen molar-refractivity contribution in [3.8, 4) is 6.07 Å². The number of anilines is 2. The predicted octanol–water partition coefficient (Wildman–Crippen LogP) is 3.12. The Bertz CT molecular complexity index is 566. The molecule has 0 saturated heterocycles. The van der Waals surface area contributed by atoms with Crippen LogP contribution in [0.15, 0.2) is 30.3 Å². The smallest absolute Gasteiger partial charge is 0.101 e. The fraction of sp³-hybridized carbons (Fsp3) is 0.154. The molecule has 1 aromatic carbocycles. The lowest BCUT2D eigenvalue weighted by Crippen LogP contribution is -1.99. The molecule has 17 heavy (non-hydrogen) atoms. The van der Waals surface area contributed by atoms with Gasteiger partial charge in [-0.2, -0.15) is 5.26 Å². The summed E-state index contributed by atoms with van der Waals surface area (Å²) in [5, 5.41) is 12.2. The molecule has 3 N–H and O–H groups in total. The number of nitrogens with two attached hydrogens (primary N) is 1. The van der Waals surface area contributed by atoms with Crippen molar-refractivity contribution < 1.29 is 0 Å². The third kappa shape index (κ3) is 2.77. The first-order valence-corrected chi connectivity index (χ1v) is 6.09. The van der Waals surface area contributed by atoms with Gasteiger partial charge in [0.1, 0.15) is 6.07 Å². The SMILES string of the molecule is Cc1ccc(CNc2ccc(N)c(C#N)c2)s1. The van der Waals surface area contributed by atoms with Crippen molar-refractivity contribution in [2.24, 2.45) is 0 Å². The number of nitrogen functional groups attached to an aromatic ring is 1. The molecule has 0 spiro atoms. The van der Waals surface area contributed by atoms with Gasteiger partial charge in [-0.05, 0) is 37.3 Å². The third-order valence-corrected chi connectivity index (χ3v) is 3.44. The minimum absolute atomic E-state index is 0.511. The van der Waals surface area contributed by atoms with Crippen molar-refractivity contribution >= 4 is 22.7 Å². The van der Waals surface area contributed by atoms with Crippen molar-refractivity contribution in [2.45, 2.75) is 13.5 Å². The lowest BCUT2D eigenvalue weighted by atomic mass is 10.2. The van der Waals surface area contributed by atoms with Gasteiger partial charge in [0, 0.05) is 27.7 Å². The molecular weight excluding hydrogens is 230 g/mol. The number of hydrogen-bond acceptors (Lipinski definition) is 4. The van der Waals surface area contributed by atoms with E-state index in [0.717, 1.165) is 12.2 Å². The maximum Gasteiger partial charge on any atom is 0.101 e. The van der Waals surface area contributed by atoms with Crippen molar-refractivity contribution in [3.05, 3.63) is 45.6 Å². The van der Waals surface area contributed by atoms with Crippen molar-refractivity contribution in [3.63, 3.8) is 0 Å². The zero-order chi connectivity index (χ0) is 12.3. The molecule has 0 atom stereocenters. The summed E-state index contributed by atoms with van der Waals surface area (Å²) in [7, 11) is 0. The summed E-state index contributed by atoms with van der Waals surface area (Å²) in [6, 6.07) is 11.7. The summed E-state index contributed by atoms with van der Waals surface area (Å²) in [6.07, 6.45) is 0. The van der Waals surface area contributed by atoms with Crippen LogP contribution >= 0.6 is 11.3 Å². The molecule has 3 nitrogen and oxygen atoms in total. The van der Waals surface area contributed by atoms with Gasteiger partial charge in [0.25, 0.3) is 0 Å². The van der Waals surface area contributed by atoms with Crippen LogP contribution in [0.2, 0.25) is 0 Å². The molecule has 0 aliphatic heterocycles. The van der Waals surface area contributed by atoms with E-state index in [1.165, 1.54) is 9.75 Å². The molecule has 0 unspecified atom stereocenters. The highest BCUT2D eigenvalue weighted by molar-refractivity contribution is 7.11. The average molecular weight is 243 g/mol. The van der Waals surface area contributed by atoms with E-state index in [1.807, 2.05) is 6.07 Å². The van der Waals surface area contributed by atoms with Crippen LogP contribution in [0.4, 0.5) is 11.4 Å². The number of nitrogens with zero attached hydrogens (tertiary/aromatic N) is 1. The van der Waals surface area contributed by atoms with Crippen LogP contribution in [0.25, 0.3) is 0 Å². The van der Waals surface area contributed by atoms with Crippen LogP contribution in [0, 0.1) is 18.3 Å². The van der Waals surface area contributed by atoms with Gasteiger partial charge in [-0.3, -0.25) is 0 Å². The number of nitrogens with one attached hydrogen (secondary N) is 1. The number of hydrogen-bond donors (Lipinski definition) is 2. The number of aryl methyl sites for hydroxylation is 1. The number of thiophene rings is 1. The summed E-state index contributed by atoms with van der Waals surface area (Å²) >= 11 is 1.77. The predicted molar refractivity (Wildman–Crippen MR) is 72.0 cm³/mol. The Kier molecular flexibility index (Phi) is 3.31. The van der Waals surface area contributed by atoms with E-state index in [0.29, 0.717) is 11.3 Å². The highest BCUT2D eigenvalue weighted by Gasteiger charge is 2.01. The maximum absolute atomic E-state index is 8.88. The molecular formula is C13H13N3S. The fourth-order valence-electron chi connectivity index (χ4n) is 1.53. The van der Waals surface area contributed by atoms with Gasteiger partial charge < -0.3 is 11.1 Å². The lowest BCUT2D eigenvalue weighted by molar-refractivity contribution is 1.19. The van der Waals surface area contributed by atoms with Crippen LogP contribution in [-0.4, -0.2) is 0 Å². The highest BCUT2D eigenvalue weighted by Crippen LogP contribution is 2.20. The Hall–Kier alpha value is -1.99. The molecule has 0 aliphatic rings. The molecule has 0 saturated carbocycles. The minimum atomic E-state index is 0.511. The molecule has 1 heterocycles. The summed E-state index contributed by atoms with van der Waals surface area (Å²) < 4.78 is 0. The monoisotopic (exact) mass is 243 g/mol. The summed E-state index contributed by atoms with van der Waals surface area (Å²) in [6.45, 7) is 2.86. The van der Waals surface area contributed by atoms with Crippen LogP contribution < -0.4 is 11.1 Å². The Morgan fingerprint density at radius 2 is 2.18 bits per heavy atom. The zero-order valence-electron chi connectivity index (χ0n) is 9.53. The van der Waals surface area contributed by atoms with E-state index in [9.17, 15) is 0 Å². The molecule has 0 radical (unpaired) electrons. The molecule has 1 aromatic heterocycles. The third-order valence-electron chi connectivity index (χ3n) is 2.44. The van der Waals surface area contributed by atoms with Crippen LogP contribution in [0.1, 0.15) is 15.3 Å². The summed E-state index contributed by atoms with van der Waals surface area (Å²) in [4.78, 5) is 2.58. The Morgan fingerprint density at radius 3 is 2.82 bits per heavy atom. The molecule has 4 heteroatoms. The average Bonchev–Trinajstić information content (AvgIpc) is 2.74. The van der Waals surface area contributed by atoms with Gasteiger partial charge in [0.2, 0.25) is 0 Å². The first-order valence-electron chi connectivity index (χ1n) is 5.28. The van der Waals surface area contributed by atoms with Gasteiger partial charge in [0.15, 0.2) is 0 Å². The maximum atomic E-state index is 8.88. The summed E-state index contributed by atoms with van der Waals surface area (Å²) in [5.41, 5.74) is 7.61. The number of rotatable bonds is 3. The normalized spacial score (nSPS) is 9.88. The standard InChI is InChI=1S/C13H13N3S/c1-9-2-4-12(17-9)8-16-11-3-5-13(15)10(6-11)7-14/h2-6,16H,8,15H2,1H3. The van der Waals surface area contributed by atoms with Gasteiger partial charge in [-0.15, -0.1) is 11.3 Å². The minimum Gasteiger partial charge on any atom is -0.398 e. The topological polar surface area (TPSA) is 61.8 Å². The second-order valence-electron chi connectivity index (χ2n) is 3.78. The van der Waals surface area contributed by atoms with Crippen molar-refractivity contribution in [1.82, 2.24) is 0 Å². The second-order valence-corrected chi connectivity index (χ2v) is 5.15. The lowest BCUT2D eigenvalue weighted by Gasteiger charge is -2.06. The highest BCUT2D eigenvalue weighted by atomic mass is 32.1. The molecule has 86 valence electrons. The molecule has 0 bridgehead atoms. The number of benzene rings is 1. The van der Waals surface area contributed by atoms with E-state index >= 15 is 0 Å². The number of nitriles is 1. The Balaban J connectivity index is 2.07. The molecule has 0 aliphatic carbocycles. The molecule has 2 rings (SSSR count). The van der Waals surface area contributed by atoms with Crippen molar-refractivity contribution in [2.75, 3.05) is 11.1 Å². The molecule has 0 amide bonds. The van der Waals surface area contributed by atoms with Crippen LogP contribution in [0.5, 0.6) is 0 Å². The first-order chi connectivity index (χ1) is 8.19. The van der Waals surface area contributed by atoms with E-state index in [2.05, 4.69) is 30.4 Å².